The van der Waals surface area contributed by atoms with Crippen LogP contribution in [0.15, 0.2) is 6.20 Å². The Morgan fingerprint density at radius 1 is 1.47 bits per heavy atom. The molecule has 9 heteroatoms. The highest BCUT2D eigenvalue weighted by Gasteiger charge is 2.23. The summed E-state index contributed by atoms with van der Waals surface area (Å²) in [5.41, 5.74) is 5.71. The molecule has 1 aliphatic heterocycles. The lowest BCUT2D eigenvalue weighted by Crippen LogP contribution is -2.33. The molecule has 1 aliphatic rings. The number of fused-ring (bicyclic) bond motifs is 1. The summed E-state index contributed by atoms with van der Waals surface area (Å²) in [7, 11) is 0. The van der Waals surface area contributed by atoms with Crippen LogP contribution in [0.25, 0.3) is 11.0 Å². The number of aryl methyl sites for hydroxylation is 1. The average Bonchev–Trinajstić information content (AvgIpc) is 3.10. The lowest BCUT2D eigenvalue weighted by molar-refractivity contribution is 0.143. The predicted octanol–water partition coefficient (Wildman–Crippen LogP) is 1.26. The number of ether oxygens (including phenoxy) is 1. The van der Waals surface area contributed by atoms with Gasteiger partial charge in [0, 0.05) is 19.0 Å². The number of nitrogens with two attached hydrogens (primary N) is 1. The zero-order valence-electron chi connectivity index (χ0n) is 17.7. The van der Waals surface area contributed by atoms with Crippen LogP contribution >= 0.6 is 0 Å². The van der Waals surface area contributed by atoms with E-state index in [9.17, 15) is 5.11 Å². The van der Waals surface area contributed by atoms with Crippen LogP contribution in [0.4, 0.5) is 0 Å². The topological polar surface area (TPSA) is 146 Å². The van der Waals surface area contributed by atoms with Crippen LogP contribution in [-0.4, -0.2) is 56.5 Å². The van der Waals surface area contributed by atoms with Crippen molar-refractivity contribution in [1.29, 1.82) is 10.8 Å². The molecule has 6 N–H and O–H groups in total. The van der Waals surface area contributed by atoms with Gasteiger partial charge in [0.2, 0.25) is 0 Å². The standard InChI is InChI=1S/C21H29N7O2/c1-4-28-18-15(30-12-13-6-5-9-25-10-13)11-26-14(7-8-21(2,3)29)17(18)27-20(28)16(22)19(23)24/h11,13,22,25,29H,4-6,9-10,12H2,1-3H3,(H3,23,24)/t13-/m0/s1. The van der Waals surface area contributed by atoms with Crippen molar-refractivity contribution in [3.05, 3.63) is 17.7 Å². The van der Waals surface area contributed by atoms with E-state index in [-0.39, 0.29) is 17.4 Å². The predicted molar refractivity (Wildman–Crippen MR) is 116 cm³/mol. The second-order valence-electron chi connectivity index (χ2n) is 7.97. The smallest absolute Gasteiger partial charge is 0.163 e. The summed E-state index contributed by atoms with van der Waals surface area (Å²) in [5.74, 6) is 6.51. The van der Waals surface area contributed by atoms with Crippen molar-refractivity contribution in [3.63, 3.8) is 0 Å². The molecule has 1 fully saturated rings. The maximum Gasteiger partial charge on any atom is 0.163 e. The zero-order chi connectivity index (χ0) is 21.9. The molecule has 1 atom stereocenters. The molecule has 0 spiro atoms. The second kappa shape index (κ2) is 8.81. The molecular weight excluding hydrogens is 382 g/mol. The molecule has 1 saturated heterocycles. The molecule has 160 valence electrons. The molecule has 0 radical (unpaired) electrons. The largest absolute Gasteiger partial charge is 0.489 e. The highest BCUT2D eigenvalue weighted by molar-refractivity contribution is 6.44. The summed E-state index contributed by atoms with van der Waals surface area (Å²) in [4.78, 5) is 8.95. The number of aromatic nitrogens is 3. The van der Waals surface area contributed by atoms with E-state index in [1.165, 1.54) is 0 Å². The molecule has 2 aromatic heterocycles. The Balaban J connectivity index is 2.10. The van der Waals surface area contributed by atoms with Gasteiger partial charge < -0.3 is 25.5 Å². The molecule has 9 nitrogen and oxygen atoms in total. The number of hydrogen-bond acceptors (Lipinski definition) is 7. The van der Waals surface area contributed by atoms with Crippen molar-refractivity contribution in [3.8, 4) is 17.6 Å². The van der Waals surface area contributed by atoms with E-state index in [2.05, 4.69) is 27.1 Å². The van der Waals surface area contributed by atoms with E-state index in [4.69, 9.17) is 21.3 Å². The number of piperidine rings is 1. The molecule has 0 aliphatic carbocycles. The van der Waals surface area contributed by atoms with Crippen LogP contribution < -0.4 is 15.8 Å². The van der Waals surface area contributed by atoms with Crippen molar-refractivity contribution in [2.75, 3.05) is 19.7 Å². The fraction of sp³-hybridized carbons (Fsp3) is 0.524. The first-order chi connectivity index (χ1) is 14.2. The molecule has 0 amide bonds. The minimum Gasteiger partial charge on any atom is -0.489 e. The third-order valence-electron chi connectivity index (χ3n) is 4.91. The molecule has 0 saturated carbocycles. The SMILES string of the molecule is CCn1c(C(=N)C(=N)N)nc2c(C#CC(C)(C)O)ncc(OC[C@H]3CCCNC3)c21. The van der Waals surface area contributed by atoms with E-state index in [0.717, 1.165) is 25.9 Å². The lowest BCUT2D eigenvalue weighted by Gasteiger charge is -2.23. The molecule has 3 heterocycles. The van der Waals surface area contributed by atoms with Gasteiger partial charge in [-0.3, -0.25) is 10.8 Å². The van der Waals surface area contributed by atoms with Crippen LogP contribution in [0.1, 0.15) is 45.1 Å². The summed E-state index contributed by atoms with van der Waals surface area (Å²) in [6, 6.07) is 0. The van der Waals surface area contributed by atoms with E-state index in [0.29, 0.717) is 41.5 Å². The van der Waals surface area contributed by atoms with E-state index in [1.807, 2.05) is 6.92 Å². The van der Waals surface area contributed by atoms with Gasteiger partial charge in [-0.2, -0.15) is 0 Å². The maximum atomic E-state index is 9.96. The summed E-state index contributed by atoms with van der Waals surface area (Å²) in [6.45, 7) is 8.12. The van der Waals surface area contributed by atoms with Crippen LogP contribution in [0.2, 0.25) is 0 Å². The van der Waals surface area contributed by atoms with Crippen molar-refractivity contribution in [2.24, 2.45) is 11.7 Å². The number of hydrogen-bond donors (Lipinski definition) is 5. The second-order valence-corrected chi connectivity index (χ2v) is 7.97. The fourth-order valence-corrected chi connectivity index (χ4v) is 3.42. The summed E-state index contributed by atoms with van der Waals surface area (Å²) in [6.07, 6.45) is 3.84. The van der Waals surface area contributed by atoms with Crippen molar-refractivity contribution in [1.82, 2.24) is 19.9 Å². The van der Waals surface area contributed by atoms with E-state index in [1.54, 1.807) is 24.6 Å². The van der Waals surface area contributed by atoms with E-state index < -0.39 is 5.60 Å². The van der Waals surface area contributed by atoms with Crippen LogP contribution in [-0.2, 0) is 6.54 Å². The zero-order valence-corrected chi connectivity index (χ0v) is 17.7. The average molecular weight is 412 g/mol. The van der Waals surface area contributed by atoms with Gasteiger partial charge in [0.05, 0.1) is 12.8 Å². The number of nitrogens with zero attached hydrogens (tertiary/aromatic N) is 3. The van der Waals surface area contributed by atoms with Crippen molar-refractivity contribution >= 4 is 22.6 Å². The molecule has 2 aromatic rings. The quantitative estimate of drug-likeness (QED) is 0.275. The molecule has 3 rings (SSSR count). The van der Waals surface area contributed by atoms with Crippen LogP contribution in [0.3, 0.4) is 0 Å². The molecular formula is C21H29N7O2. The normalized spacial score (nSPS) is 16.7. The Hall–Kier alpha value is -2.96. The van der Waals surface area contributed by atoms with Crippen molar-refractivity contribution < 1.29 is 9.84 Å². The lowest BCUT2D eigenvalue weighted by atomic mass is 10.0. The number of nitrogens with one attached hydrogen (secondary N) is 3. The molecule has 30 heavy (non-hydrogen) atoms. The fourth-order valence-electron chi connectivity index (χ4n) is 3.42. The monoisotopic (exact) mass is 411 g/mol. The Kier molecular flexibility index (Phi) is 6.39. The molecule has 0 bridgehead atoms. The van der Waals surface area contributed by atoms with Gasteiger partial charge in [0.1, 0.15) is 33.9 Å². The summed E-state index contributed by atoms with van der Waals surface area (Å²) in [5, 5.41) is 29.2. The molecule has 0 unspecified atom stereocenters. The van der Waals surface area contributed by atoms with Crippen LogP contribution in [0.5, 0.6) is 5.75 Å². The Labute approximate surface area is 176 Å². The number of amidine groups is 1. The molecule has 0 aromatic carbocycles. The maximum absolute atomic E-state index is 9.96. The highest BCUT2D eigenvalue weighted by Crippen LogP contribution is 2.29. The number of aliphatic hydroxyl groups is 1. The first kappa shape index (κ1) is 21.7. The van der Waals surface area contributed by atoms with Gasteiger partial charge in [-0.05, 0) is 46.1 Å². The highest BCUT2D eigenvalue weighted by atomic mass is 16.5. The Bertz CT molecular complexity index is 1020. The van der Waals surface area contributed by atoms with Gasteiger partial charge in [-0.1, -0.05) is 5.92 Å². The first-order valence-corrected chi connectivity index (χ1v) is 10.1. The van der Waals surface area contributed by atoms with Gasteiger partial charge >= 0.3 is 0 Å². The van der Waals surface area contributed by atoms with Gasteiger partial charge in [-0.15, -0.1) is 0 Å². The Morgan fingerprint density at radius 2 is 2.23 bits per heavy atom. The van der Waals surface area contributed by atoms with Crippen LogP contribution in [0, 0.1) is 28.6 Å². The van der Waals surface area contributed by atoms with Gasteiger partial charge in [0.25, 0.3) is 0 Å². The number of imidazole rings is 1. The first-order valence-electron chi connectivity index (χ1n) is 10.1. The van der Waals surface area contributed by atoms with Gasteiger partial charge in [-0.25, -0.2) is 9.97 Å². The third kappa shape index (κ3) is 4.78. The minimum absolute atomic E-state index is 0.170. The minimum atomic E-state index is -1.18. The summed E-state index contributed by atoms with van der Waals surface area (Å²) >= 11 is 0. The number of pyridine rings is 1. The van der Waals surface area contributed by atoms with Gasteiger partial charge in [0.15, 0.2) is 11.6 Å². The van der Waals surface area contributed by atoms with Crippen molar-refractivity contribution in [2.45, 2.75) is 45.8 Å². The summed E-state index contributed by atoms with van der Waals surface area (Å²) < 4.78 is 7.94. The van der Waals surface area contributed by atoms with E-state index >= 15 is 0 Å². The number of rotatable bonds is 6. The Morgan fingerprint density at radius 3 is 2.83 bits per heavy atom. The third-order valence-corrected chi connectivity index (χ3v) is 4.91.